The Morgan fingerprint density at radius 1 is 1.12 bits per heavy atom. The normalized spacial score (nSPS) is 17.8. The van der Waals surface area contributed by atoms with E-state index in [0.29, 0.717) is 12.2 Å². The summed E-state index contributed by atoms with van der Waals surface area (Å²) in [5.74, 6) is -2.90. The fourth-order valence-corrected chi connectivity index (χ4v) is 3.72. The average Bonchev–Trinajstić information content (AvgIpc) is 3.03. The zero-order chi connectivity index (χ0) is 22.8. The number of ether oxygens (including phenoxy) is 1. The second-order valence-electron chi connectivity index (χ2n) is 7.37. The first-order valence-electron chi connectivity index (χ1n) is 9.95. The molecule has 2 aromatic rings. The van der Waals surface area contributed by atoms with Crippen molar-refractivity contribution in [1.29, 1.82) is 0 Å². The Morgan fingerprint density at radius 2 is 1.91 bits per heavy atom. The lowest BCUT2D eigenvalue weighted by molar-refractivity contribution is -0.136. The van der Waals surface area contributed by atoms with Gasteiger partial charge in [0.05, 0.1) is 11.1 Å². The van der Waals surface area contributed by atoms with Crippen molar-refractivity contribution in [3.8, 4) is 5.75 Å². The molecule has 2 heterocycles. The van der Waals surface area contributed by atoms with Crippen LogP contribution in [0.4, 0.5) is 5.69 Å². The second kappa shape index (κ2) is 8.60. The maximum atomic E-state index is 13.0. The highest BCUT2D eigenvalue weighted by Gasteiger charge is 2.46. The zero-order valence-electron chi connectivity index (χ0n) is 16.9. The molecule has 164 valence electrons. The van der Waals surface area contributed by atoms with Gasteiger partial charge < -0.3 is 15.8 Å². The maximum Gasteiger partial charge on any atom is 0.266 e. The van der Waals surface area contributed by atoms with Gasteiger partial charge in [0.15, 0.2) is 6.61 Å². The summed E-state index contributed by atoms with van der Waals surface area (Å²) < 4.78 is 5.55. The third kappa shape index (κ3) is 3.95. The number of hydrogen-bond donors (Lipinski definition) is 3. The van der Waals surface area contributed by atoms with Gasteiger partial charge in [-0.2, -0.15) is 0 Å². The number of nitrogens with two attached hydrogens (primary N) is 1. The molecule has 4 N–H and O–H groups in total. The Hall–Kier alpha value is -4.05. The first kappa shape index (κ1) is 21.2. The SMILES string of the molecule is NCc1cccc(NC(=O)COc2cccc3c2C(=O)N(C2CCC(=O)NC2=O)C3=O)c1. The number of carbonyl (C=O) groups excluding carboxylic acids is 5. The van der Waals surface area contributed by atoms with Crippen LogP contribution in [0.2, 0.25) is 0 Å². The first-order valence-corrected chi connectivity index (χ1v) is 9.95. The quantitative estimate of drug-likeness (QED) is 0.561. The summed E-state index contributed by atoms with van der Waals surface area (Å²) in [4.78, 5) is 62.6. The van der Waals surface area contributed by atoms with Crippen LogP contribution in [0.5, 0.6) is 5.75 Å². The maximum absolute atomic E-state index is 13.0. The van der Waals surface area contributed by atoms with Gasteiger partial charge in [-0.25, -0.2) is 0 Å². The Morgan fingerprint density at radius 3 is 2.66 bits per heavy atom. The number of carbonyl (C=O) groups is 5. The zero-order valence-corrected chi connectivity index (χ0v) is 16.9. The predicted octanol–water partition coefficient (Wildman–Crippen LogP) is 0.564. The Labute approximate surface area is 182 Å². The second-order valence-corrected chi connectivity index (χ2v) is 7.37. The van der Waals surface area contributed by atoms with E-state index in [-0.39, 0.29) is 29.7 Å². The average molecular weight is 436 g/mol. The van der Waals surface area contributed by atoms with Gasteiger partial charge in [-0.05, 0) is 36.2 Å². The number of anilines is 1. The fourth-order valence-electron chi connectivity index (χ4n) is 3.72. The van der Waals surface area contributed by atoms with Gasteiger partial charge in [0.1, 0.15) is 11.8 Å². The molecule has 2 aromatic carbocycles. The fraction of sp³-hybridized carbons (Fsp3) is 0.227. The monoisotopic (exact) mass is 436 g/mol. The van der Waals surface area contributed by atoms with Crippen molar-refractivity contribution < 1.29 is 28.7 Å². The molecule has 0 radical (unpaired) electrons. The van der Waals surface area contributed by atoms with E-state index in [1.165, 1.54) is 18.2 Å². The van der Waals surface area contributed by atoms with Gasteiger partial charge in [0.2, 0.25) is 11.8 Å². The molecule has 2 aliphatic rings. The topological polar surface area (TPSA) is 148 Å². The summed E-state index contributed by atoms with van der Waals surface area (Å²) in [6.07, 6.45) is 0.0787. The number of amides is 5. The Kier molecular flexibility index (Phi) is 5.69. The number of piperidine rings is 1. The van der Waals surface area contributed by atoms with E-state index in [1.807, 2.05) is 6.07 Å². The molecule has 10 heteroatoms. The van der Waals surface area contributed by atoms with Crippen LogP contribution in [0.25, 0.3) is 0 Å². The van der Waals surface area contributed by atoms with E-state index < -0.39 is 42.2 Å². The molecule has 10 nitrogen and oxygen atoms in total. The number of rotatable bonds is 6. The largest absolute Gasteiger partial charge is 0.483 e. The lowest BCUT2D eigenvalue weighted by Gasteiger charge is -2.27. The molecule has 0 spiro atoms. The van der Waals surface area contributed by atoms with E-state index >= 15 is 0 Å². The lowest BCUT2D eigenvalue weighted by atomic mass is 10.0. The minimum Gasteiger partial charge on any atom is -0.483 e. The van der Waals surface area contributed by atoms with Crippen LogP contribution in [0, 0.1) is 0 Å². The number of fused-ring (bicyclic) bond motifs is 1. The molecule has 1 unspecified atom stereocenters. The summed E-state index contributed by atoms with van der Waals surface area (Å²) in [7, 11) is 0. The van der Waals surface area contributed by atoms with Crippen molar-refractivity contribution in [3.63, 3.8) is 0 Å². The minimum atomic E-state index is -1.08. The molecule has 1 atom stereocenters. The van der Waals surface area contributed by atoms with Crippen molar-refractivity contribution in [1.82, 2.24) is 10.2 Å². The molecular weight excluding hydrogens is 416 g/mol. The summed E-state index contributed by atoms with van der Waals surface area (Å²) in [6.45, 7) is -0.0701. The highest BCUT2D eigenvalue weighted by atomic mass is 16.5. The summed E-state index contributed by atoms with van der Waals surface area (Å²) in [5, 5.41) is 4.82. The third-order valence-corrected chi connectivity index (χ3v) is 5.24. The Balaban J connectivity index is 1.49. The molecule has 0 aliphatic carbocycles. The van der Waals surface area contributed by atoms with Crippen LogP contribution in [0.1, 0.15) is 39.1 Å². The van der Waals surface area contributed by atoms with Crippen molar-refractivity contribution >= 4 is 35.2 Å². The molecule has 1 fully saturated rings. The van der Waals surface area contributed by atoms with Gasteiger partial charge in [-0.15, -0.1) is 0 Å². The van der Waals surface area contributed by atoms with Crippen LogP contribution < -0.4 is 21.1 Å². The summed E-state index contributed by atoms with van der Waals surface area (Å²) in [5.41, 5.74) is 7.06. The highest BCUT2D eigenvalue weighted by Crippen LogP contribution is 2.33. The van der Waals surface area contributed by atoms with Crippen LogP contribution in [0.3, 0.4) is 0 Å². The molecule has 0 aromatic heterocycles. The van der Waals surface area contributed by atoms with Gasteiger partial charge in [-0.3, -0.25) is 34.2 Å². The van der Waals surface area contributed by atoms with Gasteiger partial charge in [-0.1, -0.05) is 18.2 Å². The van der Waals surface area contributed by atoms with Crippen molar-refractivity contribution in [2.45, 2.75) is 25.4 Å². The van der Waals surface area contributed by atoms with Crippen LogP contribution in [0.15, 0.2) is 42.5 Å². The van der Waals surface area contributed by atoms with Gasteiger partial charge in [0, 0.05) is 18.7 Å². The standard InChI is InChI=1S/C22H20N4O6/c23-10-12-3-1-4-13(9-12)24-18(28)11-32-16-6-2-5-14-19(16)22(31)26(21(14)30)15-7-8-17(27)25-20(15)29/h1-6,9,15H,7-8,10-11,23H2,(H,24,28)(H,25,27,29). The van der Waals surface area contributed by atoms with Crippen LogP contribution >= 0.6 is 0 Å². The van der Waals surface area contributed by atoms with E-state index in [0.717, 1.165) is 10.5 Å². The molecule has 1 saturated heterocycles. The third-order valence-electron chi connectivity index (χ3n) is 5.24. The summed E-state index contributed by atoms with van der Waals surface area (Å²) >= 11 is 0. The van der Waals surface area contributed by atoms with Gasteiger partial charge >= 0.3 is 0 Å². The number of hydrogen-bond acceptors (Lipinski definition) is 7. The molecule has 2 aliphatic heterocycles. The van der Waals surface area contributed by atoms with Gasteiger partial charge in [0.25, 0.3) is 17.7 Å². The first-order chi connectivity index (χ1) is 15.4. The van der Waals surface area contributed by atoms with Crippen molar-refractivity contribution in [2.75, 3.05) is 11.9 Å². The van der Waals surface area contributed by atoms with Crippen molar-refractivity contribution in [3.05, 3.63) is 59.2 Å². The molecule has 5 amide bonds. The number of benzene rings is 2. The molecule has 0 saturated carbocycles. The van der Waals surface area contributed by atoms with Crippen molar-refractivity contribution in [2.24, 2.45) is 5.73 Å². The molecular formula is C22H20N4O6. The lowest BCUT2D eigenvalue weighted by Crippen LogP contribution is -2.54. The highest BCUT2D eigenvalue weighted by molar-refractivity contribution is 6.24. The Bertz CT molecular complexity index is 1140. The molecule has 0 bridgehead atoms. The number of nitrogens with zero attached hydrogens (tertiary/aromatic N) is 1. The van der Waals surface area contributed by atoms with E-state index in [9.17, 15) is 24.0 Å². The van der Waals surface area contributed by atoms with Crippen LogP contribution in [-0.2, 0) is 20.9 Å². The number of nitrogens with one attached hydrogen (secondary N) is 2. The molecule has 32 heavy (non-hydrogen) atoms. The molecule has 4 rings (SSSR count). The smallest absolute Gasteiger partial charge is 0.266 e. The van der Waals surface area contributed by atoms with E-state index in [1.54, 1.807) is 18.2 Å². The summed E-state index contributed by atoms with van der Waals surface area (Å²) in [6, 6.07) is 10.4. The van der Waals surface area contributed by atoms with Crippen LogP contribution in [-0.4, -0.2) is 47.1 Å². The number of imide groups is 2. The predicted molar refractivity (Wildman–Crippen MR) is 112 cm³/mol. The van der Waals surface area contributed by atoms with E-state index in [4.69, 9.17) is 10.5 Å². The minimum absolute atomic E-state index is 0.0138. The van der Waals surface area contributed by atoms with E-state index in [2.05, 4.69) is 10.6 Å².